The molecule has 0 aliphatic carbocycles. The molecule has 1 aliphatic rings. The van der Waals surface area contributed by atoms with Crippen molar-refractivity contribution in [2.75, 3.05) is 33.3 Å². The molecule has 0 fully saturated rings. The Balaban J connectivity index is 1.38. The number of fused-ring (bicyclic) bond motifs is 1. The highest BCUT2D eigenvalue weighted by Crippen LogP contribution is 2.30. The Bertz CT molecular complexity index is 890. The van der Waals surface area contributed by atoms with Gasteiger partial charge in [-0.3, -0.25) is 4.79 Å². The number of ether oxygens (including phenoxy) is 2. The molecule has 2 N–H and O–H groups in total. The van der Waals surface area contributed by atoms with Gasteiger partial charge in [-0.05, 0) is 36.8 Å². The summed E-state index contributed by atoms with van der Waals surface area (Å²) >= 11 is 0. The fourth-order valence-corrected chi connectivity index (χ4v) is 2.86. The van der Waals surface area contributed by atoms with Crippen LogP contribution < -0.4 is 20.1 Å². The van der Waals surface area contributed by atoms with Gasteiger partial charge in [-0.2, -0.15) is 0 Å². The Morgan fingerprint density at radius 2 is 1.86 bits per heavy atom. The number of aryl methyl sites for hydroxylation is 1. The van der Waals surface area contributed by atoms with Crippen molar-refractivity contribution in [3.05, 3.63) is 59.4 Å². The highest BCUT2D eigenvalue weighted by Gasteiger charge is 2.23. The Kier molecular flexibility index (Phi) is 6.54. The van der Waals surface area contributed by atoms with Crippen LogP contribution >= 0.6 is 0 Å². The minimum absolute atomic E-state index is 0.227. The minimum atomic E-state index is -0.427. The third kappa shape index (κ3) is 5.37. The highest BCUT2D eigenvalue weighted by molar-refractivity contribution is 5.94. The molecule has 0 radical (unpaired) electrons. The van der Waals surface area contributed by atoms with Crippen molar-refractivity contribution in [2.24, 2.45) is 0 Å². The summed E-state index contributed by atoms with van der Waals surface area (Å²) in [5.41, 5.74) is 0.721. The molecule has 0 bridgehead atoms. The van der Waals surface area contributed by atoms with Crippen molar-refractivity contribution in [1.29, 1.82) is 0 Å². The van der Waals surface area contributed by atoms with E-state index in [9.17, 15) is 14.0 Å². The second-order valence-electron chi connectivity index (χ2n) is 6.83. The van der Waals surface area contributed by atoms with Crippen LogP contribution in [0, 0.1) is 12.7 Å². The van der Waals surface area contributed by atoms with E-state index < -0.39 is 11.7 Å². The Labute approximate surface area is 168 Å². The molecule has 1 atom stereocenters. The number of halogens is 1. The molecular formula is C21H24FN3O4. The summed E-state index contributed by atoms with van der Waals surface area (Å²) in [5, 5.41) is 5.37. The summed E-state index contributed by atoms with van der Waals surface area (Å²) in [6.07, 6.45) is -0.267. The van der Waals surface area contributed by atoms with Gasteiger partial charge in [-0.25, -0.2) is 9.18 Å². The summed E-state index contributed by atoms with van der Waals surface area (Å²) < 4.78 is 25.0. The topological polar surface area (TPSA) is 79.9 Å². The number of benzene rings is 2. The van der Waals surface area contributed by atoms with E-state index in [-0.39, 0.29) is 30.8 Å². The normalized spacial score (nSPS) is 14.8. The van der Waals surface area contributed by atoms with Crippen LogP contribution in [0.3, 0.4) is 0 Å². The number of nitrogens with zero attached hydrogens (tertiary/aromatic N) is 1. The van der Waals surface area contributed by atoms with E-state index in [1.165, 1.54) is 11.0 Å². The van der Waals surface area contributed by atoms with Crippen LogP contribution in [0.1, 0.15) is 15.9 Å². The Morgan fingerprint density at radius 1 is 1.14 bits per heavy atom. The average Bonchev–Trinajstić information content (AvgIpc) is 2.72. The van der Waals surface area contributed by atoms with Gasteiger partial charge in [0.1, 0.15) is 12.4 Å². The van der Waals surface area contributed by atoms with E-state index in [4.69, 9.17) is 9.47 Å². The van der Waals surface area contributed by atoms with E-state index in [2.05, 4.69) is 10.6 Å². The first-order valence-corrected chi connectivity index (χ1v) is 9.36. The fraction of sp³-hybridized carbons (Fsp3) is 0.333. The molecule has 0 saturated heterocycles. The zero-order valence-corrected chi connectivity index (χ0v) is 16.4. The summed E-state index contributed by atoms with van der Waals surface area (Å²) in [6.45, 7) is 2.82. The molecule has 0 aromatic heterocycles. The summed E-state index contributed by atoms with van der Waals surface area (Å²) in [5.74, 6) is 0.537. The lowest BCUT2D eigenvalue weighted by atomic mass is 10.1. The number of rotatable bonds is 6. The first-order valence-electron chi connectivity index (χ1n) is 9.36. The molecule has 1 aliphatic heterocycles. The molecule has 8 heteroatoms. The number of amides is 3. The number of hydrogen-bond donors (Lipinski definition) is 2. The lowest BCUT2D eigenvalue weighted by Gasteiger charge is -2.29. The van der Waals surface area contributed by atoms with Crippen LogP contribution in [0.15, 0.2) is 42.5 Å². The summed E-state index contributed by atoms with van der Waals surface area (Å²) in [4.78, 5) is 25.7. The van der Waals surface area contributed by atoms with Gasteiger partial charge in [0, 0.05) is 25.7 Å². The second-order valence-corrected chi connectivity index (χ2v) is 6.83. The van der Waals surface area contributed by atoms with Gasteiger partial charge in [0.2, 0.25) is 0 Å². The van der Waals surface area contributed by atoms with Gasteiger partial charge in [0.25, 0.3) is 5.91 Å². The van der Waals surface area contributed by atoms with Crippen molar-refractivity contribution >= 4 is 11.9 Å². The van der Waals surface area contributed by atoms with Crippen LogP contribution in [0.4, 0.5) is 9.18 Å². The monoisotopic (exact) mass is 401 g/mol. The van der Waals surface area contributed by atoms with Gasteiger partial charge in [-0.1, -0.05) is 18.2 Å². The zero-order valence-electron chi connectivity index (χ0n) is 16.4. The lowest BCUT2D eigenvalue weighted by molar-refractivity contribution is 0.0716. The molecule has 3 rings (SSSR count). The molecule has 1 unspecified atom stereocenters. The zero-order chi connectivity index (χ0) is 20.8. The summed E-state index contributed by atoms with van der Waals surface area (Å²) in [7, 11) is 1.66. The maximum atomic E-state index is 13.5. The van der Waals surface area contributed by atoms with Gasteiger partial charge in [0.05, 0.1) is 6.54 Å². The molecule has 29 heavy (non-hydrogen) atoms. The van der Waals surface area contributed by atoms with Crippen molar-refractivity contribution in [3.63, 3.8) is 0 Å². The van der Waals surface area contributed by atoms with Crippen LogP contribution in [-0.4, -0.2) is 56.2 Å². The number of hydrogen-bond acceptors (Lipinski definition) is 4. The molecular weight excluding hydrogens is 377 g/mol. The number of carbonyl (C=O) groups excluding carboxylic acids is 2. The lowest BCUT2D eigenvalue weighted by Crippen LogP contribution is -2.46. The maximum absolute atomic E-state index is 13.5. The standard InChI is InChI=1S/C21H24FN3O4/c1-14-7-8-15(11-17(14)22)20(26)23-9-10-24-21(27)25(2)12-16-13-28-18-5-3-4-6-19(18)29-16/h3-8,11,16H,9-10,12-13H2,1-2H3,(H,23,26)(H,24,27). The third-order valence-electron chi connectivity index (χ3n) is 4.51. The maximum Gasteiger partial charge on any atom is 0.317 e. The van der Waals surface area contributed by atoms with Crippen LogP contribution in [0.5, 0.6) is 11.5 Å². The van der Waals surface area contributed by atoms with E-state index in [0.29, 0.717) is 30.2 Å². The predicted molar refractivity (Wildman–Crippen MR) is 106 cm³/mol. The van der Waals surface area contributed by atoms with Crippen molar-refractivity contribution in [2.45, 2.75) is 13.0 Å². The fourth-order valence-electron chi connectivity index (χ4n) is 2.86. The largest absolute Gasteiger partial charge is 0.486 e. The number of nitrogens with one attached hydrogen (secondary N) is 2. The van der Waals surface area contributed by atoms with Crippen LogP contribution in [0.2, 0.25) is 0 Å². The van der Waals surface area contributed by atoms with Crippen LogP contribution in [0.25, 0.3) is 0 Å². The quantitative estimate of drug-likeness (QED) is 0.729. The first-order chi connectivity index (χ1) is 13.9. The molecule has 1 heterocycles. The third-order valence-corrected chi connectivity index (χ3v) is 4.51. The minimum Gasteiger partial charge on any atom is -0.486 e. The van der Waals surface area contributed by atoms with Gasteiger partial charge >= 0.3 is 6.03 Å². The van der Waals surface area contributed by atoms with Crippen molar-refractivity contribution < 1.29 is 23.5 Å². The smallest absolute Gasteiger partial charge is 0.317 e. The number of para-hydroxylation sites is 2. The molecule has 154 valence electrons. The van der Waals surface area contributed by atoms with Gasteiger partial charge in [-0.15, -0.1) is 0 Å². The van der Waals surface area contributed by atoms with Gasteiger partial charge < -0.3 is 25.0 Å². The van der Waals surface area contributed by atoms with Crippen molar-refractivity contribution in [1.82, 2.24) is 15.5 Å². The van der Waals surface area contributed by atoms with E-state index >= 15 is 0 Å². The Morgan fingerprint density at radius 3 is 2.62 bits per heavy atom. The highest BCUT2D eigenvalue weighted by atomic mass is 19.1. The molecule has 2 aromatic carbocycles. The Hall–Kier alpha value is -3.29. The first kappa shape index (κ1) is 20.4. The van der Waals surface area contributed by atoms with E-state index in [0.717, 1.165) is 0 Å². The second kappa shape index (κ2) is 9.27. The molecule has 2 aromatic rings. The van der Waals surface area contributed by atoms with E-state index in [1.54, 1.807) is 26.1 Å². The molecule has 0 saturated carbocycles. The van der Waals surface area contributed by atoms with E-state index in [1.807, 2.05) is 24.3 Å². The molecule has 0 spiro atoms. The number of urea groups is 1. The van der Waals surface area contributed by atoms with Gasteiger partial charge in [0.15, 0.2) is 17.6 Å². The van der Waals surface area contributed by atoms with Crippen LogP contribution in [-0.2, 0) is 0 Å². The summed E-state index contributed by atoms with van der Waals surface area (Å²) in [6, 6.07) is 11.4. The number of carbonyl (C=O) groups is 2. The SMILES string of the molecule is Cc1ccc(C(=O)NCCNC(=O)N(C)CC2COc3ccccc3O2)cc1F. The molecule has 3 amide bonds. The predicted octanol–water partition coefficient (Wildman–Crippen LogP) is 2.35. The molecule has 7 nitrogen and oxygen atoms in total. The van der Waals surface area contributed by atoms with Crippen molar-refractivity contribution in [3.8, 4) is 11.5 Å². The average molecular weight is 401 g/mol. The number of likely N-dealkylation sites (N-methyl/N-ethyl adjacent to an activating group) is 1.